The molecule has 0 radical (unpaired) electrons. The van der Waals surface area contributed by atoms with Gasteiger partial charge in [0.2, 0.25) is 5.43 Å². The number of halogens is 1. The maximum atomic E-state index is 11.8. The molecule has 0 aliphatic heterocycles. The zero-order valence-corrected chi connectivity index (χ0v) is 10.1. The topological polar surface area (TPSA) is 55.1 Å². The molecule has 2 rings (SSSR count). The average molecular weight is 283 g/mol. The summed E-state index contributed by atoms with van der Waals surface area (Å²) >= 11 is 3.15. The minimum Gasteiger partial charge on any atom is -0.396 e. The molecule has 0 atom stereocenters. The molecule has 1 N–H and O–H groups in total. The van der Waals surface area contributed by atoms with Gasteiger partial charge in [0.1, 0.15) is 0 Å². The molecule has 0 bridgehead atoms. The van der Waals surface area contributed by atoms with Gasteiger partial charge >= 0.3 is 0 Å². The zero-order valence-electron chi connectivity index (χ0n) is 8.56. The fourth-order valence-electron chi connectivity index (χ4n) is 1.60. The van der Waals surface area contributed by atoms with Crippen molar-refractivity contribution in [3.8, 4) is 0 Å². The molecular formula is C11H11BrN2O2. The van der Waals surface area contributed by atoms with E-state index in [1.165, 1.54) is 0 Å². The van der Waals surface area contributed by atoms with E-state index in [2.05, 4.69) is 21.0 Å². The van der Waals surface area contributed by atoms with Crippen molar-refractivity contribution in [2.45, 2.75) is 13.0 Å². The van der Waals surface area contributed by atoms with Crippen molar-refractivity contribution < 1.29 is 5.11 Å². The summed E-state index contributed by atoms with van der Waals surface area (Å²) in [4.78, 5) is 11.8. The van der Waals surface area contributed by atoms with E-state index in [9.17, 15) is 4.79 Å². The molecule has 0 aliphatic rings. The Morgan fingerprint density at radius 1 is 1.38 bits per heavy atom. The third-order valence-electron chi connectivity index (χ3n) is 2.35. The van der Waals surface area contributed by atoms with Crippen LogP contribution in [0.5, 0.6) is 0 Å². The monoisotopic (exact) mass is 282 g/mol. The highest BCUT2D eigenvalue weighted by Crippen LogP contribution is 2.12. The molecule has 1 aromatic carbocycles. The van der Waals surface area contributed by atoms with Crippen molar-refractivity contribution >= 4 is 26.8 Å². The third-order valence-corrected chi connectivity index (χ3v) is 2.87. The van der Waals surface area contributed by atoms with E-state index in [0.717, 1.165) is 5.52 Å². The molecule has 0 saturated heterocycles. The number of aliphatic hydroxyl groups is 1. The Hall–Kier alpha value is -1.20. The summed E-state index contributed by atoms with van der Waals surface area (Å²) in [5, 5.41) is 13.6. The Kier molecular flexibility index (Phi) is 3.36. The fourth-order valence-corrected chi connectivity index (χ4v) is 2.00. The molecule has 5 heteroatoms. The number of hydrogen-bond acceptors (Lipinski definition) is 3. The normalized spacial score (nSPS) is 10.9. The molecule has 0 aliphatic carbocycles. The molecule has 0 saturated carbocycles. The van der Waals surface area contributed by atoms with Crippen LogP contribution in [0, 0.1) is 0 Å². The van der Waals surface area contributed by atoms with Crippen LogP contribution in [0.25, 0.3) is 10.9 Å². The molecule has 0 unspecified atom stereocenters. The number of rotatable bonds is 3. The molecule has 16 heavy (non-hydrogen) atoms. The first-order valence-corrected chi connectivity index (χ1v) is 5.79. The van der Waals surface area contributed by atoms with Crippen LogP contribution in [0.2, 0.25) is 0 Å². The lowest BCUT2D eigenvalue weighted by molar-refractivity contribution is 0.277. The lowest BCUT2D eigenvalue weighted by atomic mass is 10.2. The lowest BCUT2D eigenvalue weighted by Crippen LogP contribution is -2.15. The number of nitrogens with zero attached hydrogens (tertiary/aromatic N) is 2. The van der Waals surface area contributed by atoms with Gasteiger partial charge in [-0.1, -0.05) is 12.1 Å². The standard InChI is InChI=1S/C11H11BrN2O2/c12-11-10(16)8-4-1-2-5-9(8)14(13-11)6-3-7-15/h1-2,4-5,15H,3,6-7H2. The highest BCUT2D eigenvalue weighted by atomic mass is 79.9. The van der Waals surface area contributed by atoms with Gasteiger partial charge in [-0.15, -0.1) is 0 Å². The molecule has 1 aromatic heterocycles. The van der Waals surface area contributed by atoms with Gasteiger partial charge in [-0.2, -0.15) is 5.10 Å². The van der Waals surface area contributed by atoms with Crippen LogP contribution in [0.1, 0.15) is 6.42 Å². The highest BCUT2D eigenvalue weighted by molar-refractivity contribution is 9.10. The maximum Gasteiger partial charge on any atom is 0.222 e. The third kappa shape index (κ3) is 2.01. The molecule has 2 aromatic rings. The Morgan fingerprint density at radius 2 is 2.12 bits per heavy atom. The van der Waals surface area contributed by atoms with E-state index in [-0.39, 0.29) is 12.0 Å². The second-order valence-electron chi connectivity index (χ2n) is 3.44. The maximum absolute atomic E-state index is 11.8. The van der Waals surface area contributed by atoms with Gasteiger partial charge in [0.25, 0.3) is 0 Å². The summed E-state index contributed by atoms with van der Waals surface area (Å²) in [6.07, 6.45) is 0.617. The van der Waals surface area contributed by atoms with Gasteiger partial charge < -0.3 is 5.11 Å². The molecule has 0 spiro atoms. The summed E-state index contributed by atoms with van der Waals surface area (Å²) in [6, 6.07) is 7.33. The first-order chi connectivity index (χ1) is 7.74. The lowest BCUT2D eigenvalue weighted by Gasteiger charge is -2.08. The summed E-state index contributed by atoms with van der Waals surface area (Å²) < 4.78 is 2.04. The molecule has 84 valence electrons. The number of fused-ring (bicyclic) bond motifs is 1. The van der Waals surface area contributed by atoms with Gasteiger partial charge in [0.05, 0.1) is 10.9 Å². The molecule has 4 nitrogen and oxygen atoms in total. The van der Waals surface area contributed by atoms with E-state index in [1.807, 2.05) is 18.2 Å². The minimum atomic E-state index is -0.101. The Morgan fingerprint density at radius 3 is 2.88 bits per heavy atom. The van der Waals surface area contributed by atoms with E-state index in [1.54, 1.807) is 10.7 Å². The summed E-state index contributed by atoms with van der Waals surface area (Å²) in [6.45, 7) is 0.704. The largest absolute Gasteiger partial charge is 0.396 e. The van der Waals surface area contributed by atoms with Crippen molar-refractivity contribution in [1.82, 2.24) is 9.78 Å². The van der Waals surface area contributed by atoms with Gasteiger partial charge in [0.15, 0.2) is 4.60 Å². The van der Waals surface area contributed by atoms with Gasteiger partial charge in [-0.05, 0) is 34.5 Å². The predicted octanol–water partition coefficient (Wildman–Crippen LogP) is 1.54. The SMILES string of the molecule is O=c1c(Br)nn(CCCO)c2ccccc12. The van der Waals surface area contributed by atoms with E-state index in [0.29, 0.717) is 23.0 Å². The van der Waals surface area contributed by atoms with Crippen LogP contribution < -0.4 is 5.43 Å². The van der Waals surface area contributed by atoms with E-state index in [4.69, 9.17) is 5.11 Å². The number of hydrogen-bond donors (Lipinski definition) is 1. The average Bonchev–Trinajstić information content (AvgIpc) is 2.32. The van der Waals surface area contributed by atoms with Crippen LogP contribution in [0.4, 0.5) is 0 Å². The van der Waals surface area contributed by atoms with Gasteiger partial charge in [-0.25, -0.2) is 0 Å². The number of aromatic nitrogens is 2. The van der Waals surface area contributed by atoms with E-state index >= 15 is 0 Å². The zero-order chi connectivity index (χ0) is 11.5. The molecule has 0 amide bonds. The van der Waals surface area contributed by atoms with Crippen molar-refractivity contribution in [1.29, 1.82) is 0 Å². The Bertz CT molecular complexity index is 565. The number of aryl methyl sites for hydroxylation is 1. The van der Waals surface area contributed by atoms with Gasteiger partial charge in [0, 0.05) is 13.2 Å². The van der Waals surface area contributed by atoms with Crippen LogP contribution in [-0.2, 0) is 6.54 Å². The number of aliphatic hydroxyl groups excluding tert-OH is 1. The fraction of sp³-hybridized carbons (Fsp3) is 0.273. The summed E-state index contributed by atoms with van der Waals surface area (Å²) in [7, 11) is 0. The van der Waals surface area contributed by atoms with Crippen LogP contribution in [0.3, 0.4) is 0 Å². The first-order valence-electron chi connectivity index (χ1n) is 5.00. The molecular weight excluding hydrogens is 272 g/mol. The van der Waals surface area contributed by atoms with Crippen molar-refractivity contribution in [3.05, 3.63) is 39.1 Å². The first kappa shape index (κ1) is 11.3. The molecule has 1 heterocycles. The smallest absolute Gasteiger partial charge is 0.222 e. The minimum absolute atomic E-state index is 0.101. The van der Waals surface area contributed by atoms with Crippen LogP contribution >= 0.6 is 15.9 Å². The quantitative estimate of drug-likeness (QED) is 0.929. The van der Waals surface area contributed by atoms with Crippen molar-refractivity contribution in [2.24, 2.45) is 0 Å². The van der Waals surface area contributed by atoms with E-state index < -0.39 is 0 Å². The number of benzene rings is 1. The van der Waals surface area contributed by atoms with Crippen LogP contribution in [-0.4, -0.2) is 21.5 Å². The van der Waals surface area contributed by atoms with Gasteiger partial charge in [-0.3, -0.25) is 9.48 Å². The van der Waals surface area contributed by atoms with Crippen molar-refractivity contribution in [3.63, 3.8) is 0 Å². The second kappa shape index (κ2) is 4.76. The summed E-state index contributed by atoms with van der Waals surface area (Å²) in [5.74, 6) is 0. The van der Waals surface area contributed by atoms with Crippen LogP contribution in [0.15, 0.2) is 33.7 Å². The van der Waals surface area contributed by atoms with Crippen molar-refractivity contribution in [2.75, 3.05) is 6.61 Å². The Labute approximate surface area is 101 Å². The predicted molar refractivity (Wildman–Crippen MR) is 65.4 cm³/mol. The molecule has 0 fully saturated rings. The highest BCUT2D eigenvalue weighted by Gasteiger charge is 2.07. The number of para-hydroxylation sites is 1. The Balaban J connectivity index is 2.65. The second-order valence-corrected chi connectivity index (χ2v) is 4.19. The summed E-state index contributed by atoms with van der Waals surface area (Å²) in [5.41, 5.74) is 0.694.